The van der Waals surface area contributed by atoms with Gasteiger partial charge in [-0.15, -0.1) is 0 Å². The van der Waals surface area contributed by atoms with Gasteiger partial charge in [-0.3, -0.25) is 4.79 Å². The quantitative estimate of drug-likeness (QED) is 0.527. The van der Waals surface area contributed by atoms with E-state index in [0.717, 1.165) is 11.1 Å². The van der Waals surface area contributed by atoms with Gasteiger partial charge in [0.1, 0.15) is 23.9 Å². The molecule has 0 saturated heterocycles. The molecule has 2 aromatic carbocycles. The number of aromatic nitrogens is 2. The molecule has 0 aliphatic heterocycles. The van der Waals surface area contributed by atoms with Crippen LogP contribution in [0.5, 0.6) is 0 Å². The van der Waals surface area contributed by atoms with Gasteiger partial charge in [-0.25, -0.2) is 9.97 Å². The summed E-state index contributed by atoms with van der Waals surface area (Å²) >= 11 is 0. The van der Waals surface area contributed by atoms with Crippen LogP contribution in [0.3, 0.4) is 0 Å². The lowest BCUT2D eigenvalue weighted by Gasteiger charge is -1.93. The summed E-state index contributed by atoms with van der Waals surface area (Å²) in [5.74, 6) is -0.579. The molecule has 4 rings (SSSR count). The number of ketones is 1. The van der Waals surface area contributed by atoms with E-state index in [9.17, 15) is 4.79 Å². The van der Waals surface area contributed by atoms with Crippen LogP contribution in [0.4, 0.5) is 0 Å². The zero-order valence-corrected chi connectivity index (χ0v) is 12.5. The first-order chi connectivity index (χ1) is 11.8. The van der Waals surface area contributed by atoms with Crippen LogP contribution in [0.2, 0.25) is 0 Å². The Morgan fingerprint density at radius 1 is 0.667 bits per heavy atom. The van der Waals surface area contributed by atoms with Crippen molar-refractivity contribution in [3.05, 3.63) is 85.0 Å². The first-order valence-corrected chi connectivity index (χ1v) is 7.38. The molecule has 0 aliphatic rings. The Balaban J connectivity index is 1.61. The lowest BCUT2D eigenvalue weighted by Crippen LogP contribution is -2.02. The predicted octanol–water partition coefficient (Wildman–Crippen LogP) is 4.23. The van der Waals surface area contributed by atoms with Gasteiger partial charge in [0.2, 0.25) is 0 Å². The standard InChI is InChI=1S/C19H12N2O3/c22-17(18-20-15(11-23-18)13-7-3-1-4-8-13)19-21-16(12-24-19)14-9-5-2-6-10-14/h1-12H. The van der Waals surface area contributed by atoms with Crippen molar-refractivity contribution in [2.24, 2.45) is 0 Å². The Bertz CT molecular complexity index is 892. The van der Waals surface area contributed by atoms with Crippen LogP contribution in [0.25, 0.3) is 22.5 Å². The van der Waals surface area contributed by atoms with Gasteiger partial charge >= 0.3 is 5.78 Å². The van der Waals surface area contributed by atoms with Crippen molar-refractivity contribution in [3.8, 4) is 22.5 Å². The first kappa shape index (κ1) is 14.1. The molecule has 2 aromatic heterocycles. The molecule has 4 aromatic rings. The SMILES string of the molecule is O=C(c1nc(-c2ccccc2)co1)c1nc(-c2ccccc2)co1. The lowest BCUT2D eigenvalue weighted by atomic mass is 10.2. The van der Waals surface area contributed by atoms with Gasteiger partial charge < -0.3 is 8.83 Å². The van der Waals surface area contributed by atoms with Gasteiger partial charge in [-0.2, -0.15) is 0 Å². The van der Waals surface area contributed by atoms with Gasteiger partial charge in [-0.1, -0.05) is 60.7 Å². The Hall–Kier alpha value is -3.47. The van der Waals surface area contributed by atoms with Crippen LogP contribution in [-0.2, 0) is 0 Å². The summed E-state index contributed by atoms with van der Waals surface area (Å²) in [4.78, 5) is 20.9. The predicted molar refractivity (Wildman–Crippen MR) is 87.3 cm³/mol. The molecule has 5 nitrogen and oxygen atoms in total. The van der Waals surface area contributed by atoms with Crippen LogP contribution in [0, 0.1) is 0 Å². The highest BCUT2D eigenvalue weighted by atomic mass is 16.4. The van der Waals surface area contributed by atoms with E-state index in [1.165, 1.54) is 12.5 Å². The van der Waals surface area contributed by atoms with Gasteiger partial charge in [-0.05, 0) is 0 Å². The fourth-order valence-corrected chi connectivity index (χ4v) is 2.33. The highest BCUT2D eigenvalue weighted by molar-refractivity contribution is 6.03. The molecule has 0 unspecified atom stereocenters. The molecule has 2 heterocycles. The molecule has 0 N–H and O–H groups in total. The van der Waals surface area contributed by atoms with Crippen LogP contribution >= 0.6 is 0 Å². The van der Waals surface area contributed by atoms with Gasteiger partial charge in [0, 0.05) is 11.1 Å². The molecule has 24 heavy (non-hydrogen) atoms. The van der Waals surface area contributed by atoms with Crippen molar-refractivity contribution in [2.45, 2.75) is 0 Å². The molecule has 0 radical (unpaired) electrons. The van der Waals surface area contributed by atoms with Crippen LogP contribution in [0.1, 0.15) is 16.6 Å². The second-order valence-corrected chi connectivity index (χ2v) is 5.14. The number of nitrogens with zero attached hydrogens (tertiary/aromatic N) is 2. The molecule has 116 valence electrons. The smallest absolute Gasteiger partial charge is 0.302 e. The average molecular weight is 316 g/mol. The van der Waals surface area contributed by atoms with E-state index < -0.39 is 5.78 Å². The van der Waals surface area contributed by atoms with E-state index in [2.05, 4.69) is 9.97 Å². The molecule has 0 bridgehead atoms. The summed E-state index contributed by atoms with van der Waals surface area (Å²) in [6.07, 6.45) is 2.90. The number of oxazole rings is 2. The Morgan fingerprint density at radius 3 is 1.50 bits per heavy atom. The summed E-state index contributed by atoms with van der Waals surface area (Å²) < 4.78 is 10.6. The maximum atomic E-state index is 12.4. The average Bonchev–Trinajstić information content (AvgIpc) is 3.33. The number of benzene rings is 2. The van der Waals surface area contributed by atoms with E-state index in [0.29, 0.717) is 11.4 Å². The highest BCUT2D eigenvalue weighted by Gasteiger charge is 2.22. The minimum atomic E-state index is -0.487. The molecule has 0 fully saturated rings. The van der Waals surface area contributed by atoms with E-state index in [-0.39, 0.29) is 11.8 Å². The van der Waals surface area contributed by atoms with E-state index in [4.69, 9.17) is 8.83 Å². The summed E-state index contributed by atoms with van der Waals surface area (Å²) in [6, 6.07) is 19.0. The van der Waals surface area contributed by atoms with Crippen molar-refractivity contribution in [1.29, 1.82) is 0 Å². The third-order valence-corrected chi connectivity index (χ3v) is 3.54. The lowest BCUT2D eigenvalue weighted by molar-refractivity contribution is 0.0970. The topological polar surface area (TPSA) is 69.1 Å². The molecule has 0 amide bonds. The summed E-state index contributed by atoms with van der Waals surface area (Å²) in [5.41, 5.74) is 2.93. The van der Waals surface area contributed by atoms with Crippen molar-refractivity contribution >= 4 is 5.78 Å². The molecule has 0 spiro atoms. The highest BCUT2D eigenvalue weighted by Crippen LogP contribution is 2.22. The van der Waals surface area contributed by atoms with Crippen molar-refractivity contribution in [2.75, 3.05) is 0 Å². The van der Waals surface area contributed by atoms with Crippen molar-refractivity contribution < 1.29 is 13.6 Å². The summed E-state index contributed by atoms with van der Waals surface area (Å²) in [6.45, 7) is 0. The van der Waals surface area contributed by atoms with Gasteiger partial charge in [0.15, 0.2) is 0 Å². The number of carbonyl (C=O) groups is 1. The minimum Gasteiger partial charge on any atom is -0.441 e. The zero-order chi connectivity index (χ0) is 16.4. The minimum absolute atomic E-state index is 0.0460. The Kier molecular flexibility index (Phi) is 3.51. The largest absolute Gasteiger partial charge is 0.441 e. The maximum absolute atomic E-state index is 12.4. The maximum Gasteiger partial charge on any atom is 0.302 e. The van der Waals surface area contributed by atoms with Crippen LogP contribution in [-0.4, -0.2) is 15.8 Å². The molecule has 5 heteroatoms. The second-order valence-electron chi connectivity index (χ2n) is 5.14. The molecular formula is C19H12N2O3. The van der Waals surface area contributed by atoms with Crippen molar-refractivity contribution in [3.63, 3.8) is 0 Å². The Morgan fingerprint density at radius 2 is 1.08 bits per heavy atom. The van der Waals surface area contributed by atoms with Gasteiger partial charge in [0.05, 0.1) is 0 Å². The second kappa shape index (κ2) is 5.96. The molecule has 0 aliphatic carbocycles. The van der Waals surface area contributed by atoms with Gasteiger partial charge in [0.25, 0.3) is 11.8 Å². The number of hydrogen-bond donors (Lipinski definition) is 0. The van der Waals surface area contributed by atoms with Crippen molar-refractivity contribution in [1.82, 2.24) is 9.97 Å². The monoisotopic (exact) mass is 316 g/mol. The number of carbonyl (C=O) groups excluding carboxylic acids is 1. The number of rotatable bonds is 4. The molecular weight excluding hydrogens is 304 g/mol. The Labute approximate surface area is 137 Å². The third-order valence-electron chi connectivity index (χ3n) is 3.54. The molecule has 0 atom stereocenters. The third kappa shape index (κ3) is 2.63. The first-order valence-electron chi connectivity index (χ1n) is 7.38. The summed E-state index contributed by atoms with van der Waals surface area (Å²) in [5, 5.41) is 0. The summed E-state index contributed by atoms with van der Waals surface area (Å²) in [7, 11) is 0. The normalized spacial score (nSPS) is 10.7. The fraction of sp³-hybridized carbons (Fsp3) is 0. The van der Waals surface area contributed by atoms with E-state index >= 15 is 0 Å². The fourth-order valence-electron chi connectivity index (χ4n) is 2.33. The van der Waals surface area contributed by atoms with Crippen LogP contribution < -0.4 is 0 Å². The molecule has 0 saturated carbocycles. The number of hydrogen-bond acceptors (Lipinski definition) is 5. The van der Waals surface area contributed by atoms with E-state index in [1.807, 2.05) is 60.7 Å². The van der Waals surface area contributed by atoms with Crippen LogP contribution in [0.15, 0.2) is 82.0 Å². The zero-order valence-electron chi connectivity index (χ0n) is 12.5. The van der Waals surface area contributed by atoms with E-state index in [1.54, 1.807) is 0 Å².